The molecular formula is C21H26N2O3S. The third-order valence-electron chi connectivity index (χ3n) is 5.84. The highest BCUT2D eigenvalue weighted by Crippen LogP contribution is 2.28. The smallest absolute Gasteiger partial charge is 0.227 e. The van der Waals surface area contributed by atoms with Crippen molar-refractivity contribution >= 4 is 26.5 Å². The number of fused-ring (bicyclic) bond motifs is 2. The Labute approximate surface area is 160 Å². The van der Waals surface area contributed by atoms with Crippen LogP contribution >= 0.6 is 0 Å². The van der Waals surface area contributed by atoms with Crippen molar-refractivity contribution in [2.24, 2.45) is 0 Å². The summed E-state index contributed by atoms with van der Waals surface area (Å²) in [6.45, 7) is 4.37. The number of rotatable bonds is 4. The molecule has 0 unspecified atom stereocenters. The van der Waals surface area contributed by atoms with Gasteiger partial charge in [0.15, 0.2) is 9.84 Å². The fraction of sp³-hybridized carbons (Fsp3) is 0.476. The van der Waals surface area contributed by atoms with Gasteiger partial charge in [-0.05, 0) is 29.3 Å². The van der Waals surface area contributed by atoms with Crippen molar-refractivity contribution in [1.29, 1.82) is 0 Å². The van der Waals surface area contributed by atoms with E-state index in [-0.39, 0.29) is 29.5 Å². The molecule has 2 fully saturated rings. The quantitative estimate of drug-likeness (QED) is 0.808. The first-order valence-electron chi connectivity index (χ1n) is 9.69. The van der Waals surface area contributed by atoms with Gasteiger partial charge in [-0.1, -0.05) is 49.4 Å². The summed E-state index contributed by atoms with van der Waals surface area (Å²) >= 11 is 0. The molecule has 2 heterocycles. The highest BCUT2D eigenvalue weighted by molar-refractivity contribution is 7.91. The normalized spacial score (nSPS) is 24.9. The first-order chi connectivity index (χ1) is 13.0. The predicted octanol–water partition coefficient (Wildman–Crippen LogP) is 2.10. The number of piperazine rings is 1. The lowest BCUT2D eigenvalue weighted by Gasteiger charge is -2.44. The Balaban J connectivity index is 1.58. The molecule has 0 spiro atoms. The van der Waals surface area contributed by atoms with Crippen molar-refractivity contribution in [3.63, 3.8) is 0 Å². The molecule has 0 aliphatic carbocycles. The molecule has 0 aromatic heterocycles. The molecule has 144 valence electrons. The van der Waals surface area contributed by atoms with Crippen LogP contribution in [0.4, 0.5) is 0 Å². The van der Waals surface area contributed by atoms with Gasteiger partial charge in [-0.2, -0.15) is 0 Å². The third-order valence-corrected chi connectivity index (χ3v) is 7.54. The summed E-state index contributed by atoms with van der Waals surface area (Å²) in [5, 5.41) is 2.21. The Kier molecular flexibility index (Phi) is 4.95. The first-order valence-corrected chi connectivity index (χ1v) is 11.5. The Hall–Kier alpha value is -1.92. The maximum absolute atomic E-state index is 13.1. The van der Waals surface area contributed by atoms with Gasteiger partial charge < -0.3 is 4.90 Å². The van der Waals surface area contributed by atoms with E-state index in [9.17, 15) is 13.2 Å². The van der Waals surface area contributed by atoms with Gasteiger partial charge >= 0.3 is 0 Å². The summed E-state index contributed by atoms with van der Waals surface area (Å²) in [4.78, 5) is 17.2. The Morgan fingerprint density at radius 2 is 1.78 bits per heavy atom. The molecule has 6 heteroatoms. The van der Waals surface area contributed by atoms with E-state index >= 15 is 0 Å². The highest BCUT2D eigenvalue weighted by Gasteiger charge is 2.47. The van der Waals surface area contributed by atoms with E-state index in [1.165, 1.54) is 0 Å². The lowest BCUT2D eigenvalue weighted by molar-refractivity contribution is -0.136. The van der Waals surface area contributed by atoms with Crippen molar-refractivity contribution in [3.8, 4) is 0 Å². The second-order valence-electron chi connectivity index (χ2n) is 7.65. The Morgan fingerprint density at radius 1 is 1.04 bits per heavy atom. The molecule has 0 saturated carbocycles. The van der Waals surface area contributed by atoms with Crippen molar-refractivity contribution in [2.45, 2.75) is 31.8 Å². The number of benzene rings is 2. The first kappa shape index (κ1) is 18.4. The van der Waals surface area contributed by atoms with Gasteiger partial charge in [0, 0.05) is 19.1 Å². The predicted molar refractivity (Wildman–Crippen MR) is 107 cm³/mol. The average molecular weight is 387 g/mol. The molecule has 2 aromatic rings. The van der Waals surface area contributed by atoms with Crippen LogP contribution in [-0.2, 0) is 21.1 Å². The van der Waals surface area contributed by atoms with E-state index in [2.05, 4.69) is 11.8 Å². The van der Waals surface area contributed by atoms with E-state index < -0.39 is 9.84 Å². The molecule has 2 aliphatic rings. The Bertz CT molecular complexity index is 952. The molecule has 2 saturated heterocycles. The number of hydrogen-bond acceptors (Lipinski definition) is 4. The molecule has 2 aromatic carbocycles. The number of hydrogen-bond donors (Lipinski definition) is 0. The van der Waals surface area contributed by atoms with Crippen LogP contribution in [0.3, 0.4) is 0 Å². The van der Waals surface area contributed by atoms with Crippen molar-refractivity contribution in [1.82, 2.24) is 9.80 Å². The maximum atomic E-state index is 13.1. The second kappa shape index (κ2) is 7.24. The van der Waals surface area contributed by atoms with Crippen LogP contribution in [0, 0.1) is 0 Å². The van der Waals surface area contributed by atoms with Crippen molar-refractivity contribution in [3.05, 3.63) is 48.0 Å². The SMILES string of the molecule is CCCN1CCN(C(=O)Cc2cccc3ccccc23)[C@@H]2CS(=O)(=O)C[C@@H]21. The molecule has 5 nitrogen and oxygen atoms in total. The summed E-state index contributed by atoms with van der Waals surface area (Å²) in [5.41, 5.74) is 1.01. The topological polar surface area (TPSA) is 57.7 Å². The summed E-state index contributed by atoms with van der Waals surface area (Å²) in [6.07, 6.45) is 1.31. The number of amides is 1. The van der Waals surface area contributed by atoms with E-state index in [1.807, 2.05) is 47.4 Å². The van der Waals surface area contributed by atoms with Gasteiger partial charge in [0.05, 0.1) is 24.0 Å². The van der Waals surface area contributed by atoms with Crippen LogP contribution in [0.15, 0.2) is 42.5 Å². The zero-order valence-corrected chi connectivity index (χ0v) is 16.5. The van der Waals surface area contributed by atoms with E-state index in [0.29, 0.717) is 13.0 Å². The van der Waals surface area contributed by atoms with Gasteiger partial charge in [-0.15, -0.1) is 0 Å². The van der Waals surface area contributed by atoms with E-state index in [1.54, 1.807) is 0 Å². The molecule has 4 rings (SSSR count). The standard InChI is InChI=1S/C21H26N2O3S/c1-2-10-22-11-12-23(20-15-27(25,26)14-19(20)22)21(24)13-17-8-5-7-16-6-3-4-9-18(16)17/h3-9,19-20H,2,10-15H2,1H3/t19-,20+/m0/s1. The molecule has 27 heavy (non-hydrogen) atoms. The minimum Gasteiger partial charge on any atom is -0.336 e. The summed E-state index contributed by atoms with van der Waals surface area (Å²) in [5.74, 6) is 0.309. The molecule has 1 amide bonds. The molecular weight excluding hydrogens is 360 g/mol. The molecule has 0 N–H and O–H groups in total. The summed E-state index contributed by atoms with van der Waals surface area (Å²) < 4.78 is 24.6. The number of carbonyl (C=O) groups excluding carboxylic acids is 1. The van der Waals surface area contributed by atoms with Crippen molar-refractivity contribution < 1.29 is 13.2 Å². The minimum atomic E-state index is -3.09. The van der Waals surface area contributed by atoms with Gasteiger partial charge in [-0.3, -0.25) is 9.69 Å². The van der Waals surface area contributed by atoms with Gasteiger partial charge in [0.25, 0.3) is 0 Å². The second-order valence-corrected chi connectivity index (χ2v) is 9.80. The van der Waals surface area contributed by atoms with Gasteiger partial charge in [0.1, 0.15) is 0 Å². The van der Waals surface area contributed by atoms with Gasteiger partial charge in [0.2, 0.25) is 5.91 Å². The lowest BCUT2D eigenvalue weighted by Crippen LogP contribution is -2.60. The zero-order valence-electron chi connectivity index (χ0n) is 15.7. The summed E-state index contributed by atoms with van der Waals surface area (Å²) in [7, 11) is -3.09. The Morgan fingerprint density at radius 3 is 2.59 bits per heavy atom. The fourth-order valence-corrected chi connectivity index (χ4v) is 6.62. The lowest BCUT2D eigenvalue weighted by atomic mass is 9.99. The van der Waals surface area contributed by atoms with Crippen LogP contribution in [0.5, 0.6) is 0 Å². The molecule has 0 bridgehead atoms. The van der Waals surface area contributed by atoms with E-state index in [0.717, 1.165) is 35.8 Å². The number of sulfone groups is 1. The monoisotopic (exact) mass is 386 g/mol. The molecule has 2 atom stereocenters. The average Bonchev–Trinajstić information content (AvgIpc) is 2.97. The van der Waals surface area contributed by atoms with Gasteiger partial charge in [-0.25, -0.2) is 8.42 Å². The van der Waals surface area contributed by atoms with Crippen LogP contribution in [0.25, 0.3) is 10.8 Å². The largest absolute Gasteiger partial charge is 0.336 e. The number of carbonyl (C=O) groups is 1. The van der Waals surface area contributed by atoms with Crippen LogP contribution in [0.1, 0.15) is 18.9 Å². The third kappa shape index (κ3) is 3.60. The van der Waals surface area contributed by atoms with Crippen LogP contribution in [-0.4, -0.2) is 67.3 Å². The maximum Gasteiger partial charge on any atom is 0.227 e. The van der Waals surface area contributed by atoms with Crippen molar-refractivity contribution in [2.75, 3.05) is 31.1 Å². The van der Waals surface area contributed by atoms with Crippen LogP contribution < -0.4 is 0 Å². The minimum absolute atomic E-state index is 0.0367. The van der Waals surface area contributed by atoms with Crippen LogP contribution in [0.2, 0.25) is 0 Å². The molecule has 2 aliphatic heterocycles. The van der Waals surface area contributed by atoms with E-state index in [4.69, 9.17) is 0 Å². The zero-order chi connectivity index (χ0) is 19.0. The summed E-state index contributed by atoms with van der Waals surface area (Å²) in [6, 6.07) is 13.8. The fourth-order valence-electron chi connectivity index (χ4n) is 4.61. The number of nitrogens with zero attached hydrogens (tertiary/aromatic N) is 2. The highest BCUT2D eigenvalue weighted by atomic mass is 32.2. The molecule has 0 radical (unpaired) electrons.